The Morgan fingerprint density at radius 1 is 0.900 bits per heavy atom. The molecule has 30 heavy (non-hydrogen) atoms. The predicted molar refractivity (Wildman–Crippen MR) is 120 cm³/mol. The summed E-state index contributed by atoms with van der Waals surface area (Å²) >= 11 is 5.85. The van der Waals surface area contributed by atoms with E-state index < -0.39 is 10.0 Å². The molecular weight excluding hydrogens is 422 g/mol. The summed E-state index contributed by atoms with van der Waals surface area (Å²) in [5.74, 6) is 0. The molecule has 8 heteroatoms. The Labute approximate surface area is 180 Å². The fourth-order valence-corrected chi connectivity index (χ4v) is 5.12. The van der Waals surface area contributed by atoms with Crippen molar-refractivity contribution in [1.29, 1.82) is 0 Å². The molecule has 0 radical (unpaired) electrons. The van der Waals surface area contributed by atoms with E-state index in [1.165, 1.54) is 4.31 Å². The smallest absolute Gasteiger partial charge is 0.308 e. The van der Waals surface area contributed by atoms with Crippen LogP contribution < -0.4 is 14.9 Å². The monoisotopic (exact) mass is 441 g/mol. The van der Waals surface area contributed by atoms with Gasteiger partial charge >= 0.3 is 6.03 Å². The first-order valence-corrected chi connectivity index (χ1v) is 11.3. The summed E-state index contributed by atoms with van der Waals surface area (Å²) in [4.78, 5) is 12.5. The van der Waals surface area contributed by atoms with Crippen LogP contribution in [0.5, 0.6) is 0 Å². The average Bonchev–Trinajstić information content (AvgIpc) is 2.75. The lowest BCUT2D eigenvalue weighted by Crippen LogP contribution is -2.35. The van der Waals surface area contributed by atoms with Crippen molar-refractivity contribution in [1.82, 2.24) is 0 Å². The second-order valence-corrected chi connectivity index (χ2v) is 9.22. The Hall–Kier alpha value is -3.03. The van der Waals surface area contributed by atoms with Gasteiger partial charge in [0, 0.05) is 22.9 Å². The number of carbonyl (C=O) groups excluding carboxylic acids is 1. The van der Waals surface area contributed by atoms with Crippen molar-refractivity contribution in [2.45, 2.75) is 17.7 Å². The zero-order valence-corrected chi connectivity index (χ0v) is 17.6. The van der Waals surface area contributed by atoms with Crippen LogP contribution in [0.3, 0.4) is 0 Å². The van der Waals surface area contributed by atoms with Crippen molar-refractivity contribution >= 4 is 44.7 Å². The molecule has 3 aromatic rings. The maximum Gasteiger partial charge on any atom is 0.323 e. The Kier molecular flexibility index (Phi) is 5.65. The van der Waals surface area contributed by atoms with Gasteiger partial charge in [-0.1, -0.05) is 29.8 Å². The van der Waals surface area contributed by atoms with Crippen LogP contribution in [0.25, 0.3) is 0 Å². The summed E-state index contributed by atoms with van der Waals surface area (Å²) in [5, 5.41) is 6.12. The van der Waals surface area contributed by atoms with Crippen molar-refractivity contribution in [2.24, 2.45) is 0 Å². The van der Waals surface area contributed by atoms with Gasteiger partial charge in [-0.25, -0.2) is 13.2 Å². The number of benzene rings is 3. The molecule has 0 saturated heterocycles. The summed E-state index contributed by atoms with van der Waals surface area (Å²) in [7, 11) is -3.63. The third-order valence-electron chi connectivity index (χ3n) is 4.85. The summed E-state index contributed by atoms with van der Waals surface area (Å²) in [6.07, 6.45) is 1.45. The molecular formula is C22H20ClN3O3S. The van der Waals surface area contributed by atoms with E-state index in [9.17, 15) is 13.2 Å². The number of anilines is 3. The van der Waals surface area contributed by atoms with Crippen molar-refractivity contribution < 1.29 is 13.2 Å². The summed E-state index contributed by atoms with van der Waals surface area (Å²) in [6.45, 7) is 0.425. The molecule has 1 heterocycles. The van der Waals surface area contributed by atoms with Gasteiger partial charge in [0.05, 0.1) is 10.6 Å². The summed E-state index contributed by atoms with van der Waals surface area (Å²) in [6, 6.07) is 20.1. The van der Waals surface area contributed by atoms with E-state index in [0.29, 0.717) is 35.1 Å². The molecule has 0 spiro atoms. The molecule has 154 valence electrons. The molecule has 2 N–H and O–H groups in total. The van der Waals surface area contributed by atoms with Crippen LogP contribution in [-0.4, -0.2) is 21.0 Å². The van der Waals surface area contributed by atoms with E-state index in [0.717, 1.165) is 12.0 Å². The number of urea groups is 1. The van der Waals surface area contributed by atoms with Gasteiger partial charge in [0.25, 0.3) is 10.0 Å². The lowest BCUT2D eigenvalue weighted by Gasteiger charge is -2.30. The Balaban J connectivity index is 1.53. The first kappa shape index (κ1) is 20.3. The second-order valence-electron chi connectivity index (χ2n) is 6.92. The highest BCUT2D eigenvalue weighted by Crippen LogP contribution is 2.33. The van der Waals surface area contributed by atoms with E-state index in [-0.39, 0.29) is 10.9 Å². The molecule has 3 aromatic carbocycles. The molecule has 0 bridgehead atoms. The number of nitrogens with one attached hydrogen (secondary N) is 2. The highest BCUT2D eigenvalue weighted by atomic mass is 35.5. The van der Waals surface area contributed by atoms with E-state index in [1.54, 1.807) is 66.7 Å². The molecule has 1 aliphatic heterocycles. The fourth-order valence-electron chi connectivity index (χ4n) is 3.44. The number of amides is 2. The molecule has 0 aliphatic carbocycles. The van der Waals surface area contributed by atoms with Crippen molar-refractivity contribution in [2.75, 3.05) is 21.5 Å². The summed E-state index contributed by atoms with van der Waals surface area (Å²) in [5.41, 5.74) is 2.74. The normalized spacial score (nSPS) is 13.4. The number of nitrogens with zero attached hydrogens (tertiary/aromatic N) is 1. The third-order valence-corrected chi connectivity index (χ3v) is 6.93. The van der Waals surface area contributed by atoms with E-state index >= 15 is 0 Å². The first-order chi connectivity index (χ1) is 14.4. The van der Waals surface area contributed by atoms with Gasteiger partial charge in [-0.05, 0) is 73.0 Å². The van der Waals surface area contributed by atoms with Crippen LogP contribution in [0.2, 0.25) is 5.02 Å². The minimum Gasteiger partial charge on any atom is -0.308 e. The van der Waals surface area contributed by atoms with Crippen LogP contribution in [0.1, 0.15) is 12.0 Å². The second kappa shape index (κ2) is 8.38. The van der Waals surface area contributed by atoms with E-state index in [2.05, 4.69) is 10.6 Å². The zero-order valence-electron chi connectivity index (χ0n) is 16.0. The van der Waals surface area contributed by atoms with E-state index in [1.807, 2.05) is 6.07 Å². The van der Waals surface area contributed by atoms with Crippen LogP contribution >= 0.6 is 11.6 Å². The standard InChI is InChI=1S/C22H20ClN3O3S/c23-17-8-10-18(11-9-17)24-22(27)25-19-12-13-21-16(15-19)5-4-14-26(21)30(28,29)20-6-2-1-3-7-20/h1-3,6-13,15H,4-5,14H2,(H2,24,25,27). The van der Waals surface area contributed by atoms with Gasteiger partial charge < -0.3 is 10.6 Å². The highest BCUT2D eigenvalue weighted by molar-refractivity contribution is 7.92. The quantitative estimate of drug-likeness (QED) is 0.589. The van der Waals surface area contributed by atoms with Gasteiger partial charge in [0.2, 0.25) is 0 Å². The number of halogens is 1. The third kappa shape index (κ3) is 4.27. The molecule has 0 fully saturated rings. The zero-order chi connectivity index (χ0) is 21.1. The number of aryl methyl sites for hydroxylation is 1. The van der Waals surface area contributed by atoms with Crippen molar-refractivity contribution in [3.05, 3.63) is 83.4 Å². The molecule has 0 saturated carbocycles. The highest BCUT2D eigenvalue weighted by Gasteiger charge is 2.29. The fraction of sp³-hybridized carbons (Fsp3) is 0.136. The van der Waals surface area contributed by atoms with Gasteiger partial charge in [-0.15, -0.1) is 0 Å². The number of hydrogen-bond acceptors (Lipinski definition) is 3. The lowest BCUT2D eigenvalue weighted by atomic mass is 10.0. The first-order valence-electron chi connectivity index (χ1n) is 9.48. The minimum atomic E-state index is -3.63. The number of rotatable bonds is 4. The molecule has 0 atom stereocenters. The number of hydrogen-bond donors (Lipinski definition) is 2. The minimum absolute atomic E-state index is 0.266. The van der Waals surface area contributed by atoms with Crippen molar-refractivity contribution in [3.8, 4) is 0 Å². The van der Waals surface area contributed by atoms with Crippen LogP contribution in [0.15, 0.2) is 77.7 Å². The summed E-state index contributed by atoms with van der Waals surface area (Å²) < 4.78 is 27.6. The van der Waals surface area contributed by atoms with Crippen LogP contribution in [0, 0.1) is 0 Å². The van der Waals surface area contributed by atoms with Gasteiger partial charge in [-0.2, -0.15) is 0 Å². The lowest BCUT2D eigenvalue weighted by molar-refractivity contribution is 0.262. The Bertz CT molecular complexity index is 1170. The molecule has 0 aromatic heterocycles. The predicted octanol–water partition coefficient (Wildman–Crippen LogP) is 5.13. The number of carbonyl (C=O) groups is 1. The number of sulfonamides is 1. The van der Waals surface area contributed by atoms with Crippen LogP contribution in [-0.2, 0) is 16.4 Å². The average molecular weight is 442 g/mol. The SMILES string of the molecule is O=C(Nc1ccc(Cl)cc1)Nc1ccc2c(c1)CCCN2S(=O)(=O)c1ccccc1. The maximum atomic E-state index is 13.1. The Morgan fingerprint density at radius 2 is 1.57 bits per heavy atom. The molecule has 0 unspecified atom stereocenters. The van der Waals surface area contributed by atoms with Gasteiger partial charge in [0.15, 0.2) is 0 Å². The molecule has 4 rings (SSSR count). The molecule has 2 amide bonds. The Morgan fingerprint density at radius 3 is 2.30 bits per heavy atom. The molecule has 6 nitrogen and oxygen atoms in total. The molecule has 1 aliphatic rings. The van der Waals surface area contributed by atoms with E-state index in [4.69, 9.17) is 11.6 Å². The maximum absolute atomic E-state index is 13.1. The van der Waals surface area contributed by atoms with Crippen LogP contribution in [0.4, 0.5) is 21.9 Å². The van der Waals surface area contributed by atoms with Gasteiger partial charge in [-0.3, -0.25) is 4.31 Å². The number of fused-ring (bicyclic) bond motifs is 1. The topological polar surface area (TPSA) is 78.5 Å². The van der Waals surface area contributed by atoms with Gasteiger partial charge in [0.1, 0.15) is 0 Å². The van der Waals surface area contributed by atoms with Crippen molar-refractivity contribution in [3.63, 3.8) is 0 Å². The largest absolute Gasteiger partial charge is 0.323 e.